The van der Waals surface area contributed by atoms with Crippen LogP contribution in [0.15, 0.2) is 72.8 Å². The van der Waals surface area contributed by atoms with Crippen molar-refractivity contribution in [2.45, 2.75) is 6.61 Å². The fourth-order valence-corrected chi connectivity index (χ4v) is 2.81. The quantitative estimate of drug-likeness (QED) is 0.602. The van der Waals surface area contributed by atoms with E-state index in [1.165, 1.54) is 31.4 Å². The van der Waals surface area contributed by atoms with Gasteiger partial charge in [-0.05, 0) is 29.8 Å². The number of ether oxygens (including phenoxy) is 2. The molecule has 3 amide bonds. The van der Waals surface area contributed by atoms with Crippen LogP contribution < -0.4 is 20.1 Å². The number of anilines is 1. The highest BCUT2D eigenvalue weighted by Crippen LogP contribution is 2.32. The Kier molecular flexibility index (Phi) is 6.59. The molecule has 0 aromatic heterocycles. The Morgan fingerprint density at radius 3 is 2.30 bits per heavy atom. The van der Waals surface area contributed by atoms with Gasteiger partial charge in [0.25, 0.3) is 5.91 Å². The van der Waals surface area contributed by atoms with Crippen molar-refractivity contribution in [2.24, 2.45) is 0 Å². The number of hydrogen-bond donors (Lipinski definition) is 2. The second-order valence-corrected chi connectivity index (χ2v) is 6.06. The van der Waals surface area contributed by atoms with Crippen molar-refractivity contribution in [1.82, 2.24) is 5.32 Å². The molecule has 0 spiro atoms. The first kappa shape index (κ1) is 20.8. The number of carbonyl (C=O) groups is 2. The van der Waals surface area contributed by atoms with Crippen molar-refractivity contribution in [2.75, 3.05) is 12.4 Å². The minimum atomic E-state index is -3.09. The highest BCUT2D eigenvalue weighted by Gasteiger charge is 2.18. The Bertz CT molecular complexity index is 1040. The van der Waals surface area contributed by atoms with Gasteiger partial charge in [0, 0.05) is 17.3 Å². The molecule has 30 heavy (non-hydrogen) atoms. The molecule has 8 heteroatoms. The maximum atomic E-state index is 12.5. The van der Waals surface area contributed by atoms with Gasteiger partial charge >= 0.3 is 12.6 Å². The summed E-state index contributed by atoms with van der Waals surface area (Å²) < 4.78 is 34.7. The van der Waals surface area contributed by atoms with Crippen LogP contribution in [0.4, 0.5) is 19.3 Å². The number of para-hydroxylation sites is 1. The van der Waals surface area contributed by atoms with Gasteiger partial charge in [-0.25, -0.2) is 4.79 Å². The number of alkyl halides is 2. The van der Waals surface area contributed by atoms with E-state index in [1.807, 2.05) is 30.3 Å². The van der Waals surface area contributed by atoms with E-state index in [-0.39, 0.29) is 11.3 Å². The summed E-state index contributed by atoms with van der Waals surface area (Å²) in [6.07, 6.45) is 0. The molecule has 154 valence electrons. The highest BCUT2D eigenvalue weighted by molar-refractivity contribution is 6.09. The summed E-state index contributed by atoms with van der Waals surface area (Å²) in [7, 11) is 1.51. The van der Waals surface area contributed by atoms with Crippen molar-refractivity contribution < 1.29 is 27.8 Å². The molecule has 3 aromatic carbocycles. The van der Waals surface area contributed by atoms with Crippen LogP contribution in [0.2, 0.25) is 0 Å². The molecule has 0 unspecified atom stereocenters. The summed E-state index contributed by atoms with van der Waals surface area (Å²) in [5, 5.41) is 4.60. The first-order valence-corrected chi connectivity index (χ1v) is 8.87. The standard InChI is InChI=1S/C22H18F2N2O4/c1-29-19-13-15(11-12-16(19)14-7-3-2-4-8-14)25-22(28)26-20(27)17-9-5-6-10-18(17)30-21(23)24/h2-13,21H,1H3,(H2,25,26,27,28). The van der Waals surface area contributed by atoms with Crippen molar-refractivity contribution in [3.8, 4) is 22.6 Å². The third-order valence-electron chi connectivity index (χ3n) is 4.12. The molecule has 0 heterocycles. The topological polar surface area (TPSA) is 76.7 Å². The molecule has 0 radical (unpaired) electrons. The number of carbonyl (C=O) groups excluding carboxylic acids is 2. The predicted molar refractivity (Wildman–Crippen MR) is 108 cm³/mol. The molecule has 0 aliphatic heterocycles. The average Bonchev–Trinajstić information content (AvgIpc) is 2.74. The Balaban J connectivity index is 1.72. The van der Waals surface area contributed by atoms with E-state index in [2.05, 4.69) is 15.4 Å². The number of methoxy groups -OCH3 is 1. The molecule has 0 bridgehead atoms. The predicted octanol–water partition coefficient (Wildman–Crippen LogP) is 4.93. The van der Waals surface area contributed by atoms with Gasteiger partial charge in [-0.3, -0.25) is 10.1 Å². The third kappa shape index (κ3) is 5.11. The molecular formula is C22H18F2N2O4. The van der Waals surface area contributed by atoms with E-state index in [1.54, 1.807) is 18.2 Å². The summed E-state index contributed by atoms with van der Waals surface area (Å²) in [5.41, 5.74) is 1.97. The van der Waals surface area contributed by atoms with E-state index in [9.17, 15) is 18.4 Å². The largest absolute Gasteiger partial charge is 0.496 e. The zero-order chi connectivity index (χ0) is 21.5. The zero-order valence-corrected chi connectivity index (χ0v) is 15.9. The number of halogens is 2. The Morgan fingerprint density at radius 2 is 1.60 bits per heavy atom. The summed E-state index contributed by atoms with van der Waals surface area (Å²) in [6, 6.07) is 19.2. The molecule has 3 rings (SSSR count). The molecule has 0 saturated carbocycles. The summed E-state index contributed by atoms with van der Waals surface area (Å²) >= 11 is 0. The van der Waals surface area contributed by atoms with Crippen LogP contribution in [-0.2, 0) is 0 Å². The lowest BCUT2D eigenvalue weighted by Gasteiger charge is -2.13. The van der Waals surface area contributed by atoms with E-state index < -0.39 is 18.5 Å². The first-order valence-electron chi connectivity index (χ1n) is 8.87. The van der Waals surface area contributed by atoms with E-state index >= 15 is 0 Å². The lowest BCUT2D eigenvalue weighted by atomic mass is 10.0. The zero-order valence-electron chi connectivity index (χ0n) is 15.9. The number of benzene rings is 3. The minimum Gasteiger partial charge on any atom is -0.496 e. The maximum absolute atomic E-state index is 12.5. The van der Waals surface area contributed by atoms with Crippen LogP contribution in [0.1, 0.15) is 10.4 Å². The molecule has 0 fully saturated rings. The number of hydrogen-bond acceptors (Lipinski definition) is 4. The summed E-state index contributed by atoms with van der Waals surface area (Å²) in [6.45, 7) is -3.09. The van der Waals surface area contributed by atoms with Gasteiger partial charge in [-0.1, -0.05) is 42.5 Å². The van der Waals surface area contributed by atoms with Crippen LogP contribution in [0.3, 0.4) is 0 Å². The van der Waals surface area contributed by atoms with Gasteiger partial charge in [-0.15, -0.1) is 0 Å². The normalized spacial score (nSPS) is 10.4. The number of amides is 3. The SMILES string of the molecule is COc1cc(NC(=O)NC(=O)c2ccccc2OC(F)F)ccc1-c1ccccc1. The van der Waals surface area contributed by atoms with E-state index in [4.69, 9.17) is 4.74 Å². The van der Waals surface area contributed by atoms with Gasteiger partial charge in [0.05, 0.1) is 12.7 Å². The van der Waals surface area contributed by atoms with Crippen LogP contribution in [0.25, 0.3) is 11.1 Å². The molecule has 3 aromatic rings. The lowest BCUT2D eigenvalue weighted by molar-refractivity contribution is -0.0501. The van der Waals surface area contributed by atoms with Crippen LogP contribution in [0.5, 0.6) is 11.5 Å². The van der Waals surface area contributed by atoms with Crippen LogP contribution in [-0.4, -0.2) is 25.7 Å². The smallest absolute Gasteiger partial charge is 0.387 e. The molecule has 6 nitrogen and oxygen atoms in total. The van der Waals surface area contributed by atoms with Crippen molar-refractivity contribution in [3.05, 3.63) is 78.4 Å². The van der Waals surface area contributed by atoms with Crippen molar-refractivity contribution in [1.29, 1.82) is 0 Å². The number of rotatable bonds is 6. The van der Waals surface area contributed by atoms with Crippen molar-refractivity contribution in [3.63, 3.8) is 0 Å². The fraction of sp³-hybridized carbons (Fsp3) is 0.0909. The van der Waals surface area contributed by atoms with Gasteiger partial charge in [0.15, 0.2) is 0 Å². The summed E-state index contributed by atoms with van der Waals surface area (Å²) in [4.78, 5) is 24.5. The molecule has 0 aliphatic carbocycles. The monoisotopic (exact) mass is 412 g/mol. The second kappa shape index (κ2) is 9.51. The van der Waals surface area contributed by atoms with Crippen molar-refractivity contribution >= 4 is 17.6 Å². The van der Waals surface area contributed by atoms with E-state index in [0.29, 0.717) is 11.4 Å². The molecule has 0 atom stereocenters. The number of imide groups is 1. The minimum absolute atomic E-state index is 0.190. The average molecular weight is 412 g/mol. The van der Waals surface area contributed by atoms with Gasteiger partial charge in [0.2, 0.25) is 0 Å². The van der Waals surface area contributed by atoms with E-state index in [0.717, 1.165) is 11.1 Å². The Hall–Kier alpha value is -3.94. The third-order valence-corrected chi connectivity index (χ3v) is 4.12. The van der Waals surface area contributed by atoms with Crippen LogP contribution >= 0.6 is 0 Å². The second-order valence-electron chi connectivity index (χ2n) is 6.06. The molecular weight excluding hydrogens is 394 g/mol. The number of urea groups is 1. The van der Waals surface area contributed by atoms with Gasteiger partial charge in [-0.2, -0.15) is 8.78 Å². The molecule has 0 aliphatic rings. The van der Waals surface area contributed by atoms with Gasteiger partial charge in [0.1, 0.15) is 11.5 Å². The Morgan fingerprint density at radius 1 is 0.900 bits per heavy atom. The lowest BCUT2D eigenvalue weighted by Crippen LogP contribution is -2.34. The fourth-order valence-electron chi connectivity index (χ4n) is 2.81. The maximum Gasteiger partial charge on any atom is 0.387 e. The first-order chi connectivity index (χ1) is 14.5. The number of nitrogens with one attached hydrogen (secondary N) is 2. The highest BCUT2D eigenvalue weighted by atomic mass is 19.3. The Labute approximate surface area is 171 Å². The molecule has 2 N–H and O–H groups in total. The van der Waals surface area contributed by atoms with Crippen LogP contribution in [0, 0.1) is 0 Å². The van der Waals surface area contributed by atoms with Gasteiger partial charge < -0.3 is 14.8 Å². The molecule has 0 saturated heterocycles. The summed E-state index contributed by atoms with van der Waals surface area (Å²) in [5.74, 6) is -0.677.